The lowest BCUT2D eigenvalue weighted by atomic mass is 9.98. The number of nitrogens with zero attached hydrogens (tertiary/aromatic N) is 1. The van der Waals surface area contributed by atoms with Gasteiger partial charge < -0.3 is 10.4 Å². The lowest BCUT2D eigenvalue weighted by molar-refractivity contribution is -0.143. The van der Waals surface area contributed by atoms with E-state index in [1.54, 1.807) is 0 Å². The molecular weight excluding hydrogens is 376 g/mol. The maximum absolute atomic E-state index is 12.6. The number of hydrogen-bond acceptors (Lipinski definition) is 5. The van der Waals surface area contributed by atoms with Crippen molar-refractivity contribution in [2.24, 2.45) is 0 Å². The average Bonchev–Trinajstić information content (AvgIpc) is 3.12. The van der Waals surface area contributed by atoms with Crippen molar-refractivity contribution in [3.63, 3.8) is 0 Å². The molecule has 0 spiro atoms. The van der Waals surface area contributed by atoms with Crippen molar-refractivity contribution in [1.82, 2.24) is 9.62 Å². The van der Waals surface area contributed by atoms with Crippen LogP contribution in [0.3, 0.4) is 0 Å². The summed E-state index contributed by atoms with van der Waals surface area (Å²) in [6, 6.07) is 5.69. The van der Waals surface area contributed by atoms with Crippen LogP contribution in [0.5, 0.6) is 0 Å². The summed E-state index contributed by atoms with van der Waals surface area (Å²) in [5, 5.41) is 12.1. The maximum Gasteiger partial charge on any atom is 0.330 e. The highest BCUT2D eigenvalue weighted by atomic mass is 32.2. The van der Waals surface area contributed by atoms with Crippen LogP contribution in [0.25, 0.3) is 0 Å². The highest BCUT2D eigenvalue weighted by Crippen LogP contribution is 2.29. The fourth-order valence-electron chi connectivity index (χ4n) is 3.21. The maximum atomic E-state index is 12.6. The largest absolute Gasteiger partial charge is 0.479 e. The Kier molecular flexibility index (Phi) is 5.59. The number of carbonyl (C=O) groups excluding carboxylic acids is 1. The first-order valence-corrected chi connectivity index (χ1v) is 11.2. The summed E-state index contributed by atoms with van der Waals surface area (Å²) >= 11 is 1.49. The number of aliphatic carboxylic acids is 1. The van der Waals surface area contributed by atoms with Crippen molar-refractivity contribution >= 4 is 33.7 Å². The van der Waals surface area contributed by atoms with Crippen LogP contribution in [-0.4, -0.2) is 59.8 Å². The monoisotopic (exact) mass is 398 g/mol. The van der Waals surface area contributed by atoms with Crippen molar-refractivity contribution in [1.29, 1.82) is 0 Å². The first-order chi connectivity index (χ1) is 12.3. The number of benzene rings is 1. The van der Waals surface area contributed by atoms with Gasteiger partial charge in [-0.2, -0.15) is 16.1 Å². The zero-order valence-electron chi connectivity index (χ0n) is 14.3. The third kappa shape index (κ3) is 3.74. The predicted octanol–water partition coefficient (Wildman–Crippen LogP) is 1.55. The van der Waals surface area contributed by atoms with Crippen molar-refractivity contribution in [2.45, 2.75) is 36.1 Å². The molecule has 0 aromatic heterocycles. The average molecular weight is 399 g/mol. The first-order valence-electron chi connectivity index (χ1n) is 8.59. The molecule has 9 heteroatoms. The van der Waals surface area contributed by atoms with Crippen molar-refractivity contribution in [3.05, 3.63) is 29.8 Å². The summed E-state index contributed by atoms with van der Waals surface area (Å²) in [7, 11) is -3.55. The van der Waals surface area contributed by atoms with Gasteiger partial charge in [0, 0.05) is 24.4 Å². The molecule has 3 rings (SSSR count). The number of carboxylic acids is 1. The number of carboxylic acid groups (broad SMARTS) is 1. The van der Waals surface area contributed by atoms with Gasteiger partial charge in [-0.25, -0.2) is 13.2 Å². The van der Waals surface area contributed by atoms with Crippen LogP contribution in [0.2, 0.25) is 0 Å². The molecular formula is C17H22N2O5S2. The van der Waals surface area contributed by atoms with Crippen LogP contribution in [0, 0.1) is 0 Å². The van der Waals surface area contributed by atoms with Crippen LogP contribution >= 0.6 is 11.8 Å². The molecule has 0 saturated carbocycles. The fraction of sp³-hybridized carbons (Fsp3) is 0.529. The molecule has 1 aromatic rings. The first kappa shape index (κ1) is 19.2. The minimum atomic E-state index is -3.55. The zero-order chi connectivity index (χ0) is 18.8. The summed E-state index contributed by atoms with van der Waals surface area (Å²) < 4.78 is 26.7. The van der Waals surface area contributed by atoms with E-state index in [4.69, 9.17) is 0 Å². The van der Waals surface area contributed by atoms with Gasteiger partial charge in [0.2, 0.25) is 10.0 Å². The van der Waals surface area contributed by atoms with Gasteiger partial charge in [0.1, 0.15) is 5.54 Å². The van der Waals surface area contributed by atoms with E-state index in [2.05, 4.69) is 5.32 Å². The lowest BCUT2D eigenvalue weighted by Crippen LogP contribution is -2.54. The second-order valence-electron chi connectivity index (χ2n) is 6.63. The van der Waals surface area contributed by atoms with E-state index >= 15 is 0 Å². The topological polar surface area (TPSA) is 104 Å². The molecule has 1 amide bonds. The number of piperidine rings is 1. The molecule has 0 aliphatic carbocycles. The Morgan fingerprint density at radius 2 is 1.77 bits per heavy atom. The van der Waals surface area contributed by atoms with Gasteiger partial charge in [-0.15, -0.1) is 0 Å². The molecule has 26 heavy (non-hydrogen) atoms. The van der Waals surface area contributed by atoms with Gasteiger partial charge >= 0.3 is 5.97 Å². The molecule has 2 aliphatic heterocycles. The summed E-state index contributed by atoms with van der Waals surface area (Å²) in [5.41, 5.74) is -1.000. The molecule has 1 unspecified atom stereocenters. The van der Waals surface area contributed by atoms with E-state index in [0.717, 1.165) is 19.3 Å². The van der Waals surface area contributed by atoms with Gasteiger partial charge in [-0.05, 0) is 49.3 Å². The third-order valence-corrected chi connectivity index (χ3v) is 7.96. The third-order valence-electron chi connectivity index (χ3n) is 4.85. The fourth-order valence-corrected chi connectivity index (χ4v) is 6.05. The SMILES string of the molecule is O=C(NC1(C(=O)O)CCSC1)c1ccc(S(=O)(=O)N2CCCCC2)cc1. The lowest BCUT2D eigenvalue weighted by Gasteiger charge is -2.26. The normalized spacial score (nSPS) is 24.3. The molecule has 1 aromatic carbocycles. The van der Waals surface area contributed by atoms with Crippen LogP contribution in [0.1, 0.15) is 36.0 Å². The molecule has 2 N–H and O–H groups in total. The molecule has 0 radical (unpaired) electrons. The number of thioether (sulfide) groups is 1. The highest BCUT2D eigenvalue weighted by molar-refractivity contribution is 7.99. The minimum Gasteiger partial charge on any atom is -0.479 e. The van der Waals surface area contributed by atoms with E-state index in [9.17, 15) is 23.1 Å². The van der Waals surface area contributed by atoms with E-state index in [0.29, 0.717) is 31.0 Å². The Morgan fingerprint density at radius 3 is 2.31 bits per heavy atom. The van der Waals surface area contributed by atoms with Gasteiger partial charge in [-0.1, -0.05) is 6.42 Å². The van der Waals surface area contributed by atoms with Gasteiger partial charge in [0.05, 0.1) is 4.90 Å². The van der Waals surface area contributed by atoms with E-state index in [1.807, 2.05) is 0 Å². The molecule has 142 valence electrons. The Morgan fingerprint density at radius 1 is 1.12 bits per heavy atom. The minimum absolute atomic E-state index is 0.153. The molecule has 1 atom stereocenters. The van der Waals surface area contributed by atoms with Crippen LogP contribution in [0.4, 0.5) is 0 Å². The van der Waals surface area contributed by atoms with Gasteiger partial charge in [-0.3, -0.25) is 4.79 Å². The van der Waals surface area contributed by atoms with E-state index < -0.39 is 27.4 Å². The van der Waals surface area contributed by atoms with Gasteiger partial charge in [0.25, 0.3) is 5.91 Å². The Hall–Kier alpha value is -1.58. The Labute approximate surface area is 157 Å². The van der Waals surface area contributed by atoms with Crippen LogP contribution < -0.4 is 5.32 Å². The number of rotatable bonds is 5. The molecule has 7 nitrogen and oxygen atoms in total. The van der Waals surface area contributed by atoms with E-state index in [-0.39, 0.29) is 10.5 Å². The highest BCUT2D eigenvalue weighted by Gasteiger charge is 2.43. The summed E-state index contributed by atoms with van der Waals surface area (Å²) in [4.78, 5) is 24.1. The molecule has 0 bridgehead atoms. The Bertz CT molecular complexity index is 780. The van der Waals surface area contributed by atoms with E-state index in [1.165, 1.54) is 40.3 Å². The molecule has 2 saturated heterocycles. The molecule has 2 fully saturated rings. The van der Waals surface area contributed by atoms with Gasteiger partial charge in [0.15, 0.2) is 0 Å². The molecule has 2 aliphatic rings. The number of carbonyl (C=O) groups is 2. The summed E-state index contributed by atoms with van der Waals surface area (Å²) in [6.45, 7) is 1.03. The number of sulfonamides is 1. The quantitative estimate of drug-likeness (QED) is 0.780. The van der Waals surface area contributed by atoms with Crippen molar-refractivity contribution in [2.75, 3.05) is 24.6 Å². The van der Waals surface area contributed by atoms with Crippen molar-refractivity contribution in [3.8, 4) is 0 Å². The molecule has 2 heterocycles. The van der Waals surface area contributed by atoms with Crippen molar-refractivity contribution < 1.29 is 23.1 Å². The second kappa shape index (κ2) is 7.58. The number of amides is 1. The Balaban J connectivity index is 1.74. The smallest absolute Gasteiger partial charge is 0.330 e. The zero-order valence-corrected chi connectivity index (χ0v) is 15.9. The predicted molar refractivity (Wildman–Crippen MR) is 98.8 cm³/mol. The number of hydrogen-bond donors (Lipinski definition) is 2. The standard InChI is InChI=1S/C17H22N2O5S2/c20-15(18-17(16(21)22)8-11-25-12-17)13-4-6-14(7-5-13)26(23,24)19-9-2-1-3-10-19/h4-7H,1-3,8-12H2,(H,18,20)(H,21,22). The van der Waals surface area contributed by atoms with Crippen LogP contribution in [0.15, 0.2) is 29.2 Å². The summed E-state index contributed by atoms with van der Waals surface area (Å²) in [5.74, 6) is -0.535. The van der Waals surface area contributed by atoms with Crippen LogP contribution in [-0.2, 0) is 14.8 Å². The number of nitrogens with one attached hydrogen (secondary N) is 1. The summed E-state index contributed by atoms with van der Waals surface area (Å²) in [6.07, 6.45) is 3.12. The second-order valence-corrected chi connectivity index (χ2v) is 9.68.